The van der Waals surface area contributed by atoms with E-state index in [1.807, 2.05) is 0 Å². The molecule has 7 heteroatoms. The first-order chi connectivity index (χ1) is 7.54. The minimum absolute atomic E-state index is 0.676. The number of amides is 1. The number of likely N-dealkylation sites (N-methyl/N-ethyl adjacent to an activating group) is 1. The predicted octanol–water partition coefficient (Wildman–Crippen LogP) is 0.781. The van der Waals surface area contributed by atoms with Crippen LogP contribution in [-0.2, 0) is 14.3 Å². The molecule has 0 aromatic heterocycles. The molecule has 0 spiro atoms. The highest BCUT2D eigenvalue weighted by Gasteiger charge is 2.31. The lowest BCUT2D eigenvalue weighted by Gasteiger charge is -2.27. The summed E-state index contributed by atoms with van der Waals surface area (Å²) < 4.78 is 4.94. The van der Waals surface area contributed by atoms with Gasteiger partial charge >= 0.3 is 18.0 Å². The highest BCUT2D eigenvalue weighted by molar-refractivity contribution is 5.84. The van der Waals surface area contributed by atoms with E-state index < -0.39 is 36.1 Å². The van der Waals surface area contributed by atoms with Crippen molar-refractivity contribution in [2.75, 3.05) is 7.05 Å². The Balaban J connectivity index is 4.72. The molecule has 17 heavy (non-hydrogen) atoms. The zero-order valence-electron chi connectivity index (χ0n) is 10.3. The summed E-state index contributed by atoms with van der Waals surface area (Å²) in [5.74, 6) is -2.69. The molecule has 0 bridgehead atoms. The Morgan fingerprint density at radius 1 is 1.24 bits per heavy atom. The molecule has 1 atom stereocenters. The third kappa shape index (κ3) is 5.74. The molecule has 0 aromatic carbocycles. The lowest BCUT2D eigenvalue weighted by atomic mass is 10.2. The van der Waals surface area contributed by atoms with Crippen LogP contribution >= 0.6 is 0 Å². The molecule has 7 nitrogen and oxygen atoms in total. The summed E-state index contributed by atoms with van der Waals surface area (Å²) in [6.45, 7) is 4.89. The van der Waals surface area contributed by atoms with Crippen LogP contribution in [0.5, 0.6) is 0 Å². The summed E-state index contributed by atoms with van der Waals surface area (Å²) in [6, 6.07) is -1.44. The Morgan fingerprint density at radius 3 is 2.00 bits per heavy atom. The monoisotopic (exact) mass is 247 g/mol. The van der Waals surface area contributed by atoms with Crippen molar-refractivity contribution in [3.05, 3.63) is 0 Å². The van der Waals surface area contributed by atoms with Crippen LogP contribution in [0.3, 0.4) is 0 Å². The number of aliphatic carboxylic acids is 2. The Hall–Kier alpha value is -1.79. The fraction of sp³-hybridized carbons (Fsp3) is 0.700. The average Bonchev–Trinajstić information content (AvgIpc) is 2.09. The number of hydrogen-bond donors (Lipinski definition) is 2. The Kier molecular flexibility index (Phi) is 4.93. The van der Waals surface area contributed by atoms with Crippen molar-refractivity contribution < 1.29 is 29.3 Å². The maximum atomic E-state index is 11.5. The zero-order chi connectivity index (χ0) is 13.8. The number of nitrogens with zero attached hydrogens (tertiary/aromatic N) is 1. The molecule has 0 rings (SSSR count). The van der Waals surface area contributed by atoms with Crippen molar-refractivity contribution in [3.8, 4) is 0 Å². The number of carboxylic acids is 2. The molecule has 0 aliphatic carbocycles. The molecule has 0 heterocycles. The molecule has 0 saturated carbocycles. The van der Waals surface area contributed by atoms with E-state index in [0.717, 1.165) is 4.90 Å². The fourth-order valence-corrected chi connectivity index (χ4v) is 1.02. The maximum Gasteiger partial charge on any atom is 0.410 e. The standard InChI is InChI=1S/C10H17NO6/c1-10(2,3)17-9(16)11(4)6(8(14)15)5-7(12)13/h6H,5H2,1-4H3,(H,12,13)(H,14,15). The predicted molar refractivity (Wildman–Crippen MR) is 57.7 cm³/mol. The summed E-state index contributed by atoms with van der Waals surface area (Å²) in [4.78, 5) is 33.6. The number of carboxylic acid groups (broad SMARTS) is 2. The van der Waals surface area contributed by atoms with Gasteiger partial charge in [-0.05, 0) is 20.8 Å². The molecular formula is C10H17NO6. The van der Waals surface area contributed by atoms with Gasteiger partial charge in [-0.2, -0.15) is 0 Å². The van der Waals surface area contributed by atoms with Gasteiger partial charge in [-0.15, -0.1) is 0 Å². The molecule has 0 aromatic rings. The van der Waals surface area contributed by atoms with E-state index in [1.54, 1.807) is 20.8 Å². The Morgan fingerprint density at radius 2 is 1.71 bits per heavy atom. The topological polar surface area (TPSA) is 104 Å². The van der Waals surface area contributed by atoms with Crippen LogP contribution in [0.1, 0.15) is 27.2 Å². The second-order valence-corrected chi connectivity index (χ2v) is 4.54. The highest BCUT2D eigenvalue weighted by Crippen LogP contribution is 2.12. The lowest BCUT2D eigenvalue weighted by Crippen LogP contribution is -2.45. The van der Waals surface area contributed by atoms with Gasteiger partial charge in [0, 0.05) is 7.05 Å². The van der Waals surface area contributed by atoms with Crippen LogP contribution < -0.4 is 0 Å². The van der Waals surface area contributed by atoms with Crippen LogP contribution in [0.4, 0.5) is 4.79 Å². The summed E-state index contributed by atoms with van der Waals surface area (Å²) >= 11 is 0. The van der Waals surface area contributed by atoms with Gasteiger partial charge in [0.15, 0.2) is 0 Å². The van der Waals surface area contributed by atoms with Crippen LogP contribution in [0, 0.1) is 0 Å². The first kappa shape index (κ1) is 15.2. The van der Waals surface area contributed by atoms with E-state index in [1.165, 1.54) is 7.05 Å². The van der Waals surface area contributed by atoms with E-state index in [0.29, 0.717) is 0 Å². The number of ether oxygens (including phenoxy) is 1. The van der Waals surface area contributed by atoms with Crippen molar-refractivity contribution in [1.82, 2.24) is 4.90 Å². The van der Waals surface area contributed by atoms with Crippen LogP contribution in [0.2, 0.25) is 0 Å². The minimum atomic E-state index is -1.44. The quantitative estimate of drug-likeness (QED) is 0.760. The lowest BCUT2D eigenvalue weighted by molar-refractivity contribution is -0.148. The number of rotatable bonds is 4. The summed E-state index contributed by atoms with van der Waals surface area (Å²) in [7, 11) is 1.19. The van der Waals surface area contributed by atoms with Gasteiger partial charge in [-0.3, -0.25) is 9.69 Å². The summed E-state index contributed by atoms with van der Waals surface area (Å²) in [5.41, 5.74) is -0.766. The summed E-state index contributed by atoms with van der Waals surface area (Å²) in [5, 5.41) is 17.4. The average molecular weight is 247 g/mol. The number of carbonyl (C=O) groups is 3. The van der Waals surface area contributed by atoms with Crippen LogP contribution in [0.25, 0.3) is 0 Å². The van der Waals surface area contributed by atoms with Gasteiger partial charge in [0.2, 0.25) is 0 Å². The molecule has 1 unspecified atom stereocenters. The molecule has 0 aliphatic heterocycles. The molecule has 98 valence electrons. The van der Waals surface area contributed by atoms with Crippen molar-refractivity contribution >= 4 is 18.0 Å². The van der Waals surface area contributed by atoms with E-state index >= 15 is 0 Å². The smallest absolute Gasteiger partial charge is 0.410 e. The molecule has 2 N–H and O–H groups in total. The number of hydrogen-bond acceptors (Lipinski definition) is 4. The van der Waals surface area contributed by atoms with Gasteiger partial charge in [0.05, 0.1) is 6.42 Å². The summed E-state index contributed by atoms with van der Waals surface area (Å²) in [6.07, 6.45) is -1.54. The van der Waals surface area contributed by atoms with Crippen LogP contribution in [-0.4, -0.2) is 51.8 Å². The first-order valence-electron chi connectivity index (χ1n) is 4.95. The van der Waals surface area contributed by atoms with Crippen molar-refractivity contribution in [2.45, 2.75) is 38.8 Å². The minimum Gasteiger partial charge on any atom is -0.481 e. The van der Waals surface area contributed by atoms with Crippen LogP contribution in [0.15, 0.2) is 0 Å². The second-order valence-electron chi connectivity index (χ2n) is 4.54. The van der Waals surface area contributed by atoms with Crippen molar-refractivity contribution in [1.29, 1.82) is 0 Å². The molecule has 0 fully saturated rings. The first-order valence-corrected chi connectivity index (χ1v) is 4.95. The maximum absolute atomic E-state index is 11.5. The third-order valence-electron chi connectivity index (χ3n) is 1.80. The molecule has 0 radical (unpaired) electrons. The SMILES string of the molecule is CN(C(=O)OC(C)(C)C)C(CC(=O)O)C(=O)O. The number of carbonyl (C=O) groups excluding carboxylic acids is 1. The van der Waals surface area contributed by atoms with Gasteiger partial charge in [0.1, 0.15) is 11.6 Å². The Labute approximate surface area is 99.0 Å². The third-order valence-corrected chi connectivity index (χ3v) is 1.80. The van der Waals surface area contributed by atoms with Crippen molar-refractivity contribution in [2.24, 2.45) is 0 Å². The van der Waals surface area contributed by atoms with E-state index in [-0.39, 0.29) is 0 Å². The molecule has 0 saturated heterocycles. The zero-order valence-corrected chi connectivity index (χ0v) is 10.3. The fourth-order valence-electron chi connectivity index (χ4n) is 1.02. The normalized spacial score (nSPS) is 12.7. The molecular weight excluding hydrogens is 230 g/mol. The van der Waals surface area contributed by atoms with Gasteiger partial charge in [0.25, 0.3) is 0 Å². The van der Waals surface area contributed by atoms with E-state index in [4.69, 9.17) is 14.9 Å². The molecule has 0 aliphatic rings. The van der Waals surface area contributed by atoms with Gasteiger partial charge < -0.3 is 14.9 Å². The van der Waals surface area contributed by atoms with Gasteiger partial charge in [-0.1, -0.05) is 0 Å². The second kappa shape index (κ2) is 5.51. The highest BCUT2D eigenvalue weighted by atomic mass is 16.6. The Bertz CT molecular complexity index is 319. The van der Waals surface area contributed by atoms with Crippen molar-refractivity contribution in [3.63, 3.8) is 0 Å². The van der Waals surface area contributed by atoms with E-state index in [2.05, 4.69) is 0 Å². The van der Waals surface area contributed by atoms with E-state index in [9.17, 15) is 14.4 Å². The van der Waals surface area contributed by atoms with Gasteiger partial charge in [-0.25, -0.2) is 9.59 Å². The molecule has 1 amide bonds. The largest absolute Gasteiger partial charge is 0.481 e.